The van der Waals surface area contributed by atoms with Gasteiger partial charge >= 0.3 is 0 Å². The van der Waals surface area contributed by atoms with Gasteiger partial charge in [0.1, 0.15) is 15.3 Å². The maximum Gasteiger partial charge on any atom is 0.247 e. The van der Waals surface area contributed by atoms with E-state index in [0.29, 0.717) is 102 Å². The molecular formula is C40H67N3O14S2. The fraction of sp³-hybridized carbons (Fsp3) is 0.800. The lowest BCUT2D eigenvalue weighted by Gasteiger charge is -2.30. The highest BCUT2D eigenvalue weighted by molar-refractivity contribution is 7.94. The molecule has 17 nitrogen and oxygen atoms in total. The van der Waals surface area contributed by atoms with Crippen LogP contribution in [-0.2, 0) is 70.2 Å². The Labute approximate surface area is 349 Å². The second kappa shape index (κ2) is 21.8. The lowest BCUT2D eigenvalue weighted by Crippen LogP contribution is -2.50. The molecule has 338 valence electrons. The Morgan fingerprint density at radius 3 is 1.86 bits per heavy atom. The van der Waals surface area contributed by atoms with Crippen molar-refractivity contribution in [2.24, 2.45) is 5.92 Å². The predicted molar refractivity (Wildman–Crippen MR) is 220 cm³/mol. The number of ketones is 1. The number of carbonyl (C=O) groups is 2. The number of amides is 1. The summed E-state index contributed by atoms with van der Waals surface area (Å²) in [4.78, 5) is 25.7. The Morgan fingerprint density at radius 1 is 0.763 bits per heavy atom. The number of ether oxygens (including phenoxy) is 5. The summed E-state index contributed by atoms with van der Waals surface area (Å²) in [5.41, 5.74) is 0.285. The molecule has 2 N–H and O–H groups in total. The first-order valence-electron chi connectivity index (χ1n) is 20.2. The molecule has 0 radical (unpaired) electrons. The van der Waals surface area contributed by atoms with Crippen LogP contribution in [0.5, 0.6) is 0 Å². The Morgan fingerprint density at radius 2 is 1.29 bits per heavy atom. The number of aromatic nitrogens is 2. The van der Waals surface area contributed by atoms with E-state index in [-0.39, 0.29) is 37.2 Å². The predicted octanol–water partition coefficient (Wildman–Crippen LogP) is 4.01. The number of Topliss-reactive ketones (excluding diaryl/α,β-unsaturated/α-hetero) is 1. The zero-order valence-corrected chi connectivity index (χ0v) is 37.9. The third-order valence-electron chi connectivity index (χ3n) is 10.9. The highest BCUT2D eigenvalue weighted by Gasteiger charge is 2.47. The molecule has 2 aliphatic rings. The topological polar surface area (TPSA) is 233 Å². The number of anilines is 1. The fourth-order valence-corrected chi connectivity index (χ4v) is 10.0. The summed E-state index contributed by atoms with van der Waals surface area (Å²) in [6, 6.07) is 3.27. The molecule has 2 fully saturated rings. The molecule has 2 aromatic heterocycles. The minimum Gasteiger partial charge on any atom is -0.394 e. The molecule has 2 aromatic rings. The van der Waals surface area contributed by atoms with Crippen LogP contribution in [0.3, 0.4) is 0 Å². The first-order valence-corrected chi connectivity index (χ1v) is 23.4. The van der Waals surface area contributed by atoms with Crippen molar-refractivity contribution in [3.05, 3.63) is 29.3 Å². The Hall–Kier alpha value is -2.78. The summed E-state index contributed by atoms with van der Waals surface area (Å²) in [5.74, 6) is -0.616. The lowest BCUT2D eigenvalue weighted by atomic mass is 9.90. The van der Waals surface area contributed by atoms with Crippen LogP contribution in [0.25, 0.3) is 0 Å². The maximum atomic E-state index is 13.0. The van der Waals surface area contributed by atoms with E-state index < -0.39 is 56.9 Å². The highest BCUT2D eigenvalue weighted by Crippen LogP contribution is 2.31. The van der Waals surface area contributed by atoms with Gasteiger partial charge in [-0.25, -0.2) is 16.8 Å². The molecule has 0 unspecified atom stereocenters. The molecular weight excluding hydrogens is 811 g/mol. The van der Waals surface area contributed by atoms with Crippen LogP contribution in [0.15, 0.2) is 21.2 Å². The summed E-state index contributed by atoms with van der Waals surface area (Å²) in [6.07, 6.45) is 2.04. The summed E-state index contributed by atoms with van der Waals surface area (Å²) < 4.78 is 86.1. The van der Waals surface area contributed by atoms with Crippen LogP contribution in [0.2, 0.25) is 0 Å². The van der Waals surface area contributed by atoms with Gasteiger partial charge in [-0.05, 0) is 66.2 Å². The van der Waals surface area contributed by atoms with Crippen molar-refractivity contribution in [1.82, 2.24) is 10.3 Å². The van der Waals surface area contributed by atoms with Crippen molar-refractivity contribution >= 4 is 37.2 Å². The van der Waals surface area contributed by atoms with Gasteiger partial charge in [0.2, 0.25) is 11.8 Å². The van der Waals surface area contributed by atoms with E-state index in [0.717, 1.165) is 0 Å². The van der Waals surface area contributed by atoms with E-state index in [1.165, 1.54) is 27.7 Å². The molecule has 0 bridgehead atoms. The third kappa shape index (κ3) is 13.9. The van der Waals surface area contributed by atoms with E-state index in [1.54, 1.807) is 12.1 Å². The SMILES string of the molecule is CC(C)(COCCO)c1cc(CC(=O)C(C)(C)S(=O)(=O)CC2CCOCC2)on1.CCOCCOCC(C)(C)c1cc(NC(=O)C(C)(C)S(=O)(=O)C2CCOCC2)on1. The molecule has 0 saturated carbocycles. The first-order chi connectivity index (χ1) is 27.5. The number of nitrogens with zero attached hydrogens (tertiary/aromatic N) is 2. The highest BCUT2D eigenvalue weighted by atomic mass is 32.2. The number of rotatable bonds is 22. The number of hydrogen-bond donors (Lipinski definition) is 2. The zero-order chi connectivity index (χ0) is 44.1. The number of sulfone groups is 2. The van der Waals surface area contributed by atoms with Crippen molar-refractivity contribution in [1.29, 1.82) is 0 Å². The summed E-state index contributed by atoms with van der Waals surface area (Å²) in [7, 11) is -7.33. The summed E-state index contributed by atoms with van der Waals surface area (Å²) in [6.45, 7) is 19.8. The summed E-state index contributed by atoms with van der Waals surface area (Å²) >= 11 is 0. The van der Waals surface area contributed by atoms with Crippen LogP contribution in [0, 0.1) is 5.92 Å². The third-order valence-corrected chi connectivity index (χ3v) is 16.5. The Kier molecular flexibility index (Phi) is 18.7. The molecule has 4 rings (SSSR count). The minimum atomic E-state index is -3.71. The van der Waals surface area contributed by atoms with Crippen LogP contribution >= 0.6 is 0 Å². The number of hydrogen-bond acceptors (Lipinski definition) is 16. The lowest BCUT2D eigenvalue weighted by molar-refractivity contribution is -0.120. The van der Waals surface area contributed by atoms with Crippen LogP contribution in [0.1, 0.15) is 105 Å². The monoisotopic (exact) mass is 877 g/mol. The second-order valence-corrected chi connectivity index (χ2v) is 22.7. The largest absolute Gasteiger partial charge is 0.394 e. The van der Waals surface area contributed by atoms with Crippen LogP contribution in [-0.4, -0.2) is 137 Å². The average Bonchev–Trinajstić information content (AvgIpc) is 3.87. The fourth-order valence-electron chi connectivity index (χ4n) is 6.27. The van der Waals surface area contributed by atoms with E-state index in [9.17, 15) is 26.4 Å². The quantitative estimate of drug-likeness (QED) is 0.159. The van der Waals surface area contributed by atoms with Crippen molar-refractivity contribution in [3.8, 4) is 0 Å². The van der Waals surface area contributed by atoms with Gasteiger partial charge in [0.05, 0.1) is 68.5 Å². The van der Waals surface area contributed by atoms with Gasteiger partial charge in [-0.15, -0.1) is 0 Å². The molecule has 0 aromatic carbocycles. The molecule has 2 saturated heterocycles. The molecule has 0 aliphatic carbocycles. The molecule has 19 heteroatoms. The molecule has 4 heterocycles. The van der Waals surface area contributed by atoms with E-state index >= 15 is 0 Å². The number of aliphatic hydroxyl groups is 1. The maximum absolute atomic E-state index is 13.0. The standard InChI is InChI=1S/C20H34N2O7S.C20H33NO7S/c1-6-26-11-12-28-14-19(2,3)16-13-17(29-22-16)21-18(23)20(4,5)30(24,25)15-7-9-27-10-8-15;1-19(2,14-27-10-7-22)17-11-16(28-21-17)12-18(23)20(3,4)29(24,25)13-15-5-8-26-9-6-15/h13,15H,6-12,14H2,1-5H3,(H,21,23);11,15,22H,5-10,12-14H2,1-4H3. The molecule has 1 amide bonds. The van der Waals surface area contributed by atoms with Gasteiger partial charge in [-0.1, -0.05) is 38.0 Å². The number of carbonyl (C=O) groups excluding carboxylic acids is 2. The van der Waals surface area contributed by atoms with Gasteiger partial charge < -0.3 is 37.8 Å². The van der Waals surface area contributed by atoms with Gasteiger partial charge in [-0.2, -0.15) is 0 Å². The smallest absolute Gasteiger partial charge is 0.247 e. The zero-order valence-electron chi connectivity index (χ0n) is 36.3. The van der Waals surface area contributed by atoms with Crippen molar-refractivity contribution in [2.75, 3.05) is 83.7 Å². The van der Waals surface area contributed by atoms with E-state index in [1.807, 2.05) is 34.6 Å². The Bertz CT molecular complexity index is 1840. The van der Waals surface area contributed by atoms with Crippen molar-refractivity contribution in [2.45, 2.75) is 120 Å². The van der Waals surface area contributed by atoms with Crippen molar-refractivity contribution in [3.63, 3.8) is 0 Å². The Balaban J connectivity index is 0.000000316. The van der Waals surface area contributed by atoms with Crippen LogP contribution < -0.4 is 5.32 Å². The minimum absolute atomic E-state index is 0.00795. The molecule has 0 spiro atoms. The number of aliphatic hydroxyl groups excluding tert-OH is 1. The van der Waals surface area contributed by atoms with E-state index in [2.05, 4.69) is 15.6 Å². The molecule has 2 aliphatic heterocycles. The molecule has 59 heavy (non-hydrogen) atoms. The molecule has 0 atom stereocenters. The van der Waals surface area contributed by atoms with Gasteiger partial charge in [0.25, 0.3) is 0 Å². The van der Waals surface area contributed by atoms with Crippen LogP contribution in [0.4, 0.5) is 5.88 Å². The normalized spacial score (nSPS) is 16.7. The first kappa shape index (κ1) is 50.6. The second-order valence-electron chi connectivity index (χ2n) is 17.3. The van der Waals surface area contributed by atoms with Crippen molar-refractivity contribution < 1.29 is 64.3 Å². The van der Waals surface area contributed by atoms with Gasteiger partial charge in [0.15, 0.2) is 25.5 Å². The summed E-state index contributed by atoms with van der Waals surface area (Å²) in [5, 5.41) is 18.9. The van der Waals surface area contributed by atoms with Gasteiger partial charge in [-0.3, -0.25) is 14.9 Å². The van der Waals surface area contributed by atoms with E-state index in [4.69, 9.17) is 37.8 Å². The van der Waals surface area contributed by atoms with Gasteiger partial charge in [0, 0.05) is 56.0 Å². The average molecular weight is 878 g/mol. The number of nitrogens with one attached hydrogen (secondary N) is 1.